The molecule has 7 heteroatoms. The second kappa shape index (κ2) is 6.94. The molecule has 0 spiro atoms. The molecule has 2 aromatic rings. The van der Waals surface area contributed by atoms with Gasteiger partial charge in [0.15, 0.2) is 0 Å². The van der Waals surface area contributed by atoms with Crippen LogP contribution < -0.4 is 4.18 Å². The van der Waals surface area contributed by atoms with Crippen LogP contribution in [0, 0.1) is 18.8 Å². The summed E-state index contributed by atoms with van der Waals surface area (Å²) in [6.07, 6.45) is 0.745. The molecule has 154 valence electrons. The predicted octanol–water partition coefficient (Wildman–Crippen LogP) is 6.26. The van der Waals surface area contributed by atoms with E-state index in [9.17, 15) is 21.6 Å². The molecule has 0 aromatic heterocycles. The number of aryl methyl sites for hydroxylation is 1. The predicted molar refractivity (Wildman–Crippen MR) is 104 cm³/mol. The largest absolute Gasteiger partial charge is 0.534 e. The van der Waals surface area contributed by atoms with Gasteiger partial charge < -0.3 is 4.18 Å². The molecule has 0 radical (unpaired) electrons. The molecule has 3 nitrogen and oxygen atoms in total. The highest BCUT2D eigenvalue weighted by Crippen LogP contribution is 2.52. The van der Waals surface area contributed by atoms with Crippen LogP contribution in [0.5, 0.6) is 5.75 Å². The molecule has 0 saturated heterocycles. The van der Waals surface area contributed by atoms with E-state index in [-0.39, 0.29) is 23.5 Å². The molecule has 2 aromatic carbocycles. The van der Waals surface area contributed by atoms with Crippen molar-refractivity contribution in [3.8, 4) is 5.75 Å². The van der Waals surface area contributed by atoms with Crippen molar-refractivity contribution in [1.29, 1.82) is 0 Å². The van der Waals surface area contributed by atoms with E-state index in [1.807, 2.05) is 32.9 Å². The van der Waals surface area contributed by atoms with Crippen LogP contribution in [0.1, 0.15) is 62.6 Å². The van der Waals surface area contributed by atoms with Gasteiger partial charge in [-0.3, -0.25) is 0 Å². The van der Waals surface area contributed by atoms with E-state index < -0.39 is 15.6 Å². The number of hydrogen-bond acceptors (Lipinski definition) is 3. The van der Waals surface area contributed by atoms with Crippen molar-refractivity contribution >= 4 is 20.9 Å². The highest BCUT2D eigenvalue weighted by Gasteiger charge is 2.49. The van der Waals surface area contributed by atoms with Crippen LogP contribution in [-0.2, 0) is 10.1 Å². The fourth-order valence-corrected chi connectivity index (χ4v) is 4.84. The maximum Gasteiger partial charge on any atom is 0.534 e. The van der Waals surface area contributed by atoms with Gasteiger partial charge in [0, 0.05) is 5.56 Å². The highest BCUT2D eigenvalue weighted by atomic mass is 32.2. The average Bonchev–Trinajstić information content (AvgIpc) is 2.57. The SMILES string of the molecule is Cc1ccc2ccc(OS(=O)(=O)C(F)(F)F)c3c2c1C(C(C)C)C[C@H]3C(C)C. The van der Waals surface area contributed by atoms with Gasteiger partial charge in [0.1, 0.15) is 5.75 Å². The number of alkyl halides is 3. The Balaban J connectivity index is 2.35. The van der Waals surface area contributed by atoms with Crippen LogP contribution in [0.25, 0.3) is 10.8 Å². The summed E-state index contributed by atoms with van der Waals surface area (Å²) in [5.74, 6) is 0.415. The van der Waals surface area contributed by atoms with E-state index in [4.69, 9.17) is 0 Å². The highest BCUT2D eigenvalue weighted by molar-refractivity contribution is 7.88. The lowest BCUT2D eigenvalue weighted by molar-refractivity contribution is -0.0500. The van der Waals surface area contributed by atoms with Gasteiger partial charge in [-0.2, -0.15) is 21.6 Å². The molecule has 1 aliphatic rings. The minimum Gasteiger partial charge on any atom is -0.376 e. The van der Waals surface area contributed by atoms with Gasteiger partial charge >= 0.3 is 15.6 Å². The van der Waals surface area contributed by atoms with Crippen molar-refractivity contribution in [2.45, 2.75) is 58.4 Å². The summed E-state index contributed by atoms with van der Waals surface area (Å²) in [7, 11) is -5.73. The fraction of sp³-hybridized carbons (Fsp3) is 0.524. The number of hydrogen-bond donors (Lipinski definition) is 0. The summed E-state index contributed by atoms with van der Waals surface area (Å²) in [6, 6.07) is 6.94. The lowest BCUT2D eigenvalue weighted by Gasteiger charge is -2.38. The second-order valence-electron chi connectivity index (χ2n) is 8.29. The molecule has 0 aliphatic heterocycles. The number of benzene rings is 2. The third-order valence-electron chi connectivity index (χ3n) is 5.79. The molecule has 0 fully saturated rings. The van der Waals surface area contributed by atoms with Gasteiger partial charge in [-0.15, -0.1) is 0 Å². The summed E-state index contributed by atoms with van der Waals surface area (Å²) >= 11 is 0. The van der Waals surface area contributed by atoms with E-state index >= 15 is 0 Å². The first-order chi connectivity index (χ1) is 12.8. The standard InChI is InChI=1S/C21H25F3O3S/c1-11(2)15-10-16(12(3)4)20-17(27-28(25,26)21(22,23)24)9-8-14-7-6-13(5)18(15)19(14)20/h6-9,11-12,15-16H,10H2,1-5H3/t15?,16-/m0/s1. The van der Waals surface area contributed by atoms with Gasteiger partial charge in [0.05, 0.1) is 0 Å². The minimum atomic E-state index is -5.73. The Bertz CT molecular complexity index is 1010. The average molecular weight is 414 g/mol. The molecule has 3 rings (SSSR count). The molecule has 0 N–H and O–H groups in total. The topological polar surface area (TPSA) is 43.4 Å². The van der Waals surface area contributed by atoms with Gasteiger partial charge in [-0.25, -0.2) is 0 Å². The molecule has 0 amide bonds. The lowest BCUT2D eigenvalue weighted by atomic mass is 9.67. The zero-order valence-corrected chi connectivity index (χ0v) is 17.4. The first-order valence-corrected chi connectivity index (χ1v) is 10.8. The van der Waals surface area contributed by atoms with Crippen LogP contribution in [0.15, 0.2) is 24.3 Å². The third-order valence-corrected chi connectivity index (χ3v) is 6.75. The van der Waals surface area contributed by atoms with Crippen LogP contribution in [0.4, 0.5) is 13.2 Å². The minimum absolute atomic E-state index is 0.0937. The summed E-state index contributed by atoms with van der Waals surface area (Å²) in [5.41, 5.74) is -2.73. The van der Waals surface area contributed by atoms with Crippen LogP contribution >= 0.6 is 0 Å². The number of halogens is 3. The summed E-state index contributed by atoms with van der Waals surface area (Å²) in [5, 5.41) is 1.74. The Hall–Kier alpha value is -1.76. The van der Waals surface area contributed by atoms with Gasteiger partial charge in [0.25, 0.3) is 0 Å². The van der Waals surface area contributed by atoms with Crippen molar-refractivity contribution in [2.24, 2.45) is 11.8 Å². The Morgan fingerprint density at radius 2 is 1.50 bits per heavy atom. The molecule has 0 heterocycles. The first kappa shape index (κ1) is 21.0. The Labute approximate surface area is 164 Å². The lowest BCUT2D eigenvalue weighted by Crippen LogP contribution is -2.29. The van der Waals surface area contributed by atoms with E-state index in [1.165, 1.54) is 6.07 Å². The normalized spacial score (nSPS) is 20.2. The quantitative estimate of drug-likeness (QED) is 0.438. The van der Waals surface area contributed by atoms with Crippen LogP contribution in [0.3, 0.4) is 0 Å². The summed E-state index contributed by atoms with van der Waals surface area (Å²) < 4.78 is 66.9. The van der Waals surface area contributed by atoms with E-state index in [2.05, 4.69) is 18.0 Å². The maximum atomic E-state index is 12.9. The fourth-order valence-electron chi connectivity index (χ4n) is 4.36. The monoisotopic (exact) mass is 414 g/mol. The Kier molecular flexibility index (Phi) is 5.19. The first-order valence-electron chi connectivity index (χ1n) is 9.42. The Morgan fingerprint density at radius 3 is 2.04 bits per heavy atom. The van der Waals surface area contributed by atoms with Crippen molar-refractivity contribution < 1.29 is 25.8 Å². The van der Waals surface area contributed by atoms with Crippen molar-refractivity contribution in [3.05, 3.63) is 41.0 Å². The van der Waals surface area contributed by atoms with Gasteiger partial charge in [-0.05, 0) is 65.0 Å². The molecular formula is C21H25F3O3S. The van der Waals surface area contributed by atoms with E-state index in [0.29, 0.717) is 11.5 Å². The Morgan fingerprint density at radius 1 is 0.964 bits per heavy atom. The second-order valence-corrected chi connectivity index (χ2v) is 9.83. The molecule has 0 saturated carbocycles. The zero-order valence-electron chi connectivity index (χ0n) is 16.6. The zero-order chi connectivity index (χ0) is 21.0. The van der Waals surface area contributed by atoms with Crippen molar-refractivity contribution in [2.75, 3.05) is 0 Å². The summed E-state index contributed by atoms with van der Waals surface area (Å²) in [6.45, 7) is 10.3. The van der Waals surface area contributed by atoms with E-state index in [0.717, 1.165) is 28.3 Å². The van der Waals surface area contributed by atoms with Gasteiger partial charge in [0.2, 0.25) is 0 Å². The van der Waals surface area contributed by atoms with Crippen molar-refractivity contribution in [3.63, 3.8) is 0 Å². The smallest absolute Gasteiger partial charge is 0.376 e. The molecule has 2 atom stereocenters. The molecule has 1 aliphatic carbocycles. The molecule has 1 unspecified atom stereocenters. The van der Waals surface area contributed by atoms with Crippen LogP contribution in [-0.4, -0.2) is 13.9 Å². The van der Waals surface area contributed by atoms with E-state index in [1.54, 1.807) is 6.07 Å². The van der Waals surface area contributed by atoms with Crippen molar-refractivity contribution in [1.82, 2.24) is 0 Å². The molecule has 28 heavy (non-hydrogen) atoms. The number of rotatable bonds is 4. The van der Waals surface area contributed by atoms with Crippen LogP contribution in [0.2, 0.25) is 0 Å². The maximum absolute atomic E-state index is 12.9. The summed E-state index contributed by atoms with van der Waals surface area (Å²) in [4.78, 5) is 0. The third kappa shape index (κ3) is 3.38. The molecular weight excluding hydrogens is 389 g/mol. The molecule has 0 bridgehead atoms. The van der Waals surface area contributed by atoms with Gasteiger partial charge in [-0.1, -0.05) is 45.9 Å².